The molecule has 1 rings (SSSR count). The first-order chi connectivity index (χ1) is 7.61. The Morgan fingerprint density at radius 3 is 2.44 bits per heavy atom. The lowest BCUT2D eigenvalue weighted by Crippen LogP contribution is -2.30. The molecule has 0 aliphatic carbocycles. The Hall–Kier alpha value is -2.12. The number of hydrogen-bond acceptors (Lipinski definition) is 7. The van der Waals surface area contributed by atoms with E-state index in [1.54, 1.807) is 0 Å². The molecule has 0 unspecified atom stereocenters. The van der Waals surface area contributed by atoms with Gasteiger partial charge in [-0.15, -0.1) is 0 Å². The molecule has 6 N–H and O–H groups in total. The molecule has 0 bridgehead atoms. The van der Waals surface area contributed by atoms with Crippen LogP contribution in [0.25, 0.3) is 0 Å². The van der Waals surface area contributed by atoms with Gasteiger partial charge in [0.05, 0.1) is 6.54 Å². The van der Waals surface area contributed by atoms with Gasteiger partial charge in [-0.25, -0.2) is 0 Å². The molecule has 1 aromatic rings. The molecule has 0 spiro atoms. The van der Waals surface area contributed by atoms with E-state index in [2.05, 4.69) is 25.6 Å². The Morgan fingerprint density at radius 2 is 1.88 bits per heavy atom. The van der Waals surface area contributed by atoms with Gasteiger partial charge >= 0.3 is 0 Å². The average molecular weight is 225 g/mol. The van der Waals surface area contributed by atoms with Crippen molar-refractivity contribution in [1.29, 1.82) is 0 Å². The van der Waals surface area contributed by atoms with Gasteiger partial charge in [0.15, 0.2) is 0 Å². The van der Waals surface area contributed by atoms with Crippen LogP contribution < -0.4 is 22.1 Å². The summed E-state index contributed by atoms with van der Waals surface area (Å²) in [7, 11) is 0. The Balaban J connectivity index is 2.45. The van der Waals surface area contributed by atoms with E-state index in [1.165, 1.54) is 0 Å². The predicted octanol–water partition coefficient (Wildman–Crippen LogP) is -1.03. The first-order valence-corrected chi connectivity index (χ1v) is 4.89. The van der Waals surface area contributed by atoms with Gasteiger partial charge in [-0.1, -0.05) is 6.92 Å². The summed E-state index contributed by atoms with van der Waals surface area (Å²) in [6, 6.07) is 0. The normalized spacial score (nSPS) is 9.81. The molecule has 1 aromatic heterocycles. The lowest BCUT2D eigenvalue weighted by molar-refractivity contribution is -0.119. The zero-order chi connectivity index (χ0) is 12.0. The molecule has 0 aromatic carbocycles. The highest BCUT2D eigenvalue weighted by Crippen LogP contribution is 2.02. The summed E-state index contributed by atoms with van der Waals surface area (Å²) >= 11 is 0. The monoisotopic (exact) mass is 225 g/mol. The second kappa shape index (κ2) is 5.69. The summed E-state index contributed by atoms with van der Waals surface area (Å²) in [5.41, 5.74) is 10.7. The molecule has 0 fully saturated rings. The quantitative estimate of drug-likeness (QED) is 0.504. The number of hydrogen-bond donors (Lipinski definition) is 4. The Morgan fingerprint density at radius 1 is 1.25 bits per heavy atom. The van der Waals surface area contributed by atoms with Crippen molar-refractivity contribution in [3.05, 3.63) is 0 Å². The highest BCUT2D eigenvalue weighted by molar-refractivity contribution is 5.80. The molecule has 8 heteroatoms. The Bertz CT molecular complexity index is 347. The highest BCUT2D eigenvalue weighted by Gasteiger charge is 2.03. The maximum Gasteiger partial charge on any atom is 0.239 e. The van der Waals surface area contributed by atoms with E-state index >= 15 is 0 Å². The molecule has 0 saturated heterocycles. The minimum atomic E-state index is -0.139. The van der Waals surface area contributed by atoms with Crippen molar-refractivity contribution in [3.63, 3.8) is 0 Å². The van der Waals surface area contributed by atoms with E-state index in [0.29, 0.717) is 6.54 Å². The topological polar surface area (TPSA) is 132 Å². The van der Waals surface area contributed by atoms with Gasteiger partial charge in [0, 0.05) is 6.54 Å². The maximum atomic E-state index is 11.2. The van der Waals surface area contributed by atoms with Gasteiger partial charge in [-0.3, -0.25) is 4.79 Å². The summed E-state index contributed by atoms with van der Waals surface area (Å²) in [5, 5.41) is 5.40. The van der Waals surface area contributed by atoms with Crippen molar-refractivity contribution in [2.75, 3.05) is 29.9 Å². The molecule has 0 radical (unpaired) electrons. The highest BCUT2D eigenvalue weighted by atomic mass is 16.1. The summed E-state index contributed by atoms with van der Waals surface area (Å²) < 4.78 is 0. The number of aromatic nitrogens is 3. The van der Waals surface area contributed by atoms with Crippen molar-refractivity contribution in [2.24, 2.45) is 0 Å². The lowest BCUT2D eigenvalue weighted by atomic mass is 10.4. The summed E-state index contributed by atoms with van der Waals surface area (Å²) in [4.78, 5) is 22.4. The molecule has 0 atom stereocenters. The molecule has 8 nitrogen and oxygen atoms in total. The number of amides is 1. The van der Waals surface area contributed by atoms with Gasteiger partial charge in [0.1, 0.15) is 0 Å². The fraction of sp³-hybridized carbons (Fsp3) is 0.500. The van der Waals surface area contributed by atoms with Crippen LogP contribution in [0, 0.1) is 0 Å². The molecule has 88 valence electrons. The fourth-order valence-electron chi connectivity index (χ4n) is 0.975. The van der Waals surface area contributed by atoms with Gasteiger partial charge in [0.2, 0.25) is 23.8 Å². The SMILES string of the molecule is CCCNC(=O)CNc1nc(N)nc(N)n1. The van der Waals surface area contributed by atoms with E-state index in [-0.39, 0.29) is 30.3 Å². The van der Waals surface area contributed by atoms with Gasteiger partial charge in [-0.2, -0.15) is 15.0 Å². The molecule has 0 aliphatic rings. The first kappa shape index (κ1) is 12.0. The Labute approximate surface area is 92.9 Å². The van der Waals surface area contributed by atoms with Crippen molar-refractivity contribution >= 4 is 23.8 Å². The Kier molecular flexibility index (Phi) is 4.25. The van der Waals surface area contributed by atoms with Crippen molar-refractivity contribution < 1.29 is 4.79 Å². The van der Waals surface area contributed by atoms with Crippen LogP contribution in [0.4, 0.5) is 17.8 Å². The third-order valence-corrected chi connectivity index (χ3v) is 1.65. The molecule has 0 aliphatic heterocycles. The standard InChI is InChI=1S/C8H15N7O/c1-2-3-11-5(16)4-12-8-14-6(9)13-7(10)15-8/h2-4H2,1H3,(H,11,16)(H5,9,10,12,13,14,15). The maximum absolute atomic E-state index is 11.2. The van der Waals surface area contributed by atoms with Crippen LogP contribution in [-0.2, 0) is 4.79 Å². The first-order valence-electron chi connectivity index (χ1n) is 4.89. The number of carbonyl (C=O) groups is 1. The molecule has 0 saturated carbocycles. The van der Waals surface area contributed by atoms with E-state index in [9.17, 15) is 4.79 Å². The van der Waals surface area contributed by atoms with E-state index < -0.39 is 0 Å². The largest absolute Gasteiger partial charge is 0.368 e. The van der Waals surface area contributed by atoms with Gasteiger partial charge in [0.25, 0.3) is 0 Å². The van der Waals surface area contributed by atoms with Crippen LogP contribution in [0.1, 0.15) is 13.3 Å². The zero-order valence-electron chi connectivity index (χ0n) is 9.03. The minimum absolute atomic E-state index is 0.0176. The lowest BCUT2D eigenvalue weighted by Gasteiger charge is -2.06. The zero-order valence-corrected chi connectivity index (χ0v) is 9.03. The number of anilines is 3. The summed E-state index contributed by atoms with van der Waals surface area (Å²) in [6.45, 7) is 2.69. The summed E-state index contributed by atoms with van der Waals surface area (Å²) in [5.74, 6) is 0.0870. The van der Waals surface area contributed by atoms with E-state index in [4.69, 9.17) is 11.5 Å². The smallest absolute Gasteiger partial charge is 0.239 e. The van der Waals surface area contributed by atoms with Crippen LogP contribution in [0.15, 0.2) is 0 Å². The number of nitrogens with two attached hydrogens (primary N) is 2. The van der Waals surface area contributed by atoms with Gasteiger partial charge < -0.3 is 22.1 Å². The summed E-state index contributed by atoms with van der Waals surface area (Å²) in [6.07, 6.45) is 0.886. The van der Waals surface area contributed by atoms with Crippen LogP contribution in [0.5, 0.6) is 0 Å². The van der Waals surface area contributed by atoms with E-state index in [1.807, 2.05) is 6.92 Å². The fourth-order valence-corrected chi connectivity index (χ4v) is 0.975. The molecule has 1 amide bonds. The molecular formula is C8H15N7O. The van der Waals surface area contributed by atoms with Crippen LogP contribution in [0.3, 0.4) is 0 Å². The van der Waals surface area contributed by atoms with Crippen LogP contribution in [0.2, 0.25) is 0 Å². The average Bonchev–Trinajstić information content (AvgIpc) is 2.22. The van der Waals surface area contributed by atoms with Crippen LogP contribution >= 0.6 is 0 Å². The number of nitrogens with zero attached hydrogens (tertiary/aromatic N) is 3. The number of carbonyl (C=O) groups excluding carboxylic acids is 1. The second-order valence-electron chi connectivity index (χ2n) is 3.08. The van der Waals surface area contributed by atoms with Crippen molar-refractivity contribution in [2.45, 2.75) is 13.3 Å². The molecule has 16 heavy (non-hydrogen) atoms. The predicted molar refractivity (Wildman–Crippen MR) is 60.4 cm³/mol. The van der Waals surface area contributed by atoms with Crippen molar-refractivity contribution in [3.8, 4) is 0 Å². The van der Waals surface area contributed by atoms with E-state index in [0.717, 1.165) is 6.42 Å². The van der Waals surface area contributed by atoms with Gasteiger partial charge in [-0.05, 0) is 6.42 Å². The van der Waals surface area contributed by atoms with Crippen molar-refractivity contribution in [1.82, 2.24) is 20.3 Å². The molecular weight excluding hydrogens is 210 g/mol. The number of nitrogens with one attached hydrogen (secondary N) is 2. The number of rotatable bonds is 5. The van der Waals surface area contributed by atoms with Crippen LogP contribution in [-0.4, -0.2) is 33.9 Å². The minimum Gasteiger partial charge on any atom is -0.368 e. The molecule has 1 heterocycles. The third kappa shape index (κ3) is 3.95. The second-order valence-corrected chi connectivity index (χ2v) is 3.08. The third-order valence-electron chi connectivity index (χ3n) is 1.65. The number of nitrogen functional groups attached to an aromatic ring is 2.